The second-order valence-electron chi connectivity index (χ2n) is 2.99. The minimum atomic E-state index is 1.08. The van der Waals surface area contributed by atoms with Crippen LogP contribution in [0.5, 0.6) is 0 Å². The van der Waals surface area contributed by atoms with E-state index in [0.29, 0.717) is 0 Å². The van der Waals surface area contributed by atoms with Gasteiger partial charge in [0.05, 0.1) is 4.60 Å². The molecule has 0 amide bonds. The van der Waals surface area contributed by atoms with Crippen molar-refractivity contribution in [2.45, 2.75) is 13.0 Å². The summed E-state index contributed by atoms with van der Waals surface area (Å²) in [4.78, 5) is 5.55. The Bertz CT molecular complexity index is 240. The second kappa shape index (κ2) is 2.99. The Labute approximate surface area is 74.7 Å². The molecule has 2 nitrogen and oxygen atoms in total. The molecule has 2 rings (SSSR count). The van der Waals surface area contributed by atoms with Gasteiger partial charge in [-0.15, -0.1) is 0 Å². The highest BCUT2D eigenvalue weighted by Gasteiger charge is 2.13. The van der Waals surface area contributed by atoms with Crippen LogP contribution in [0.15, 0.2) is 16.9 Å². The van der Waals surface area contributed by atoms with E-state index >= 15 is 0 Å². The summed E-state index contributed by atoms with van der Waals surface area (Å²) >= 11 is 3.39. The molecule has 1 aromatic rings. The molecule has 1 aliphatic heterocycles. The van der Waals surface area contributed by atoms with Crippen molar-refractivity contribution in [2.75, 3.05) is 13.1 Å². The van der Waals surface area contributed by atoms with Gasteiger partial charge in [-0.05, 0) is 47.1 Å². The van der Waals surface area contributed by atoms with Crippen molar-refractivity contribution in [1.82, 2.24) is 9.88 Å². The first-order valence-corrected chi connectivity index (χ1v) is 4.69. The van der Waals surface area contributed by atoms with Crippen LogP contribution >= 0.6 is 15.9 Å². The van der Waals surface area contributed by atoms with E-state index in [1.54, 1.807) is 0 Å². The molecular formula is C8H11BrN2. The first-order valence-electron chi connectivity index (χ1n) is 3.90. The number of aromatic nitrogens is 1. The Hall–Kier alpha value is -0.280. The number of nitrogens with one attached hydrogen (secondary N) is 1. The van der Waals surface area contributed by atoms with Gasteiger partial charge in [0.2, 0.25) is 0 Å². The minimum absolute atomic E-state index is 1.08. The average molecular weight is 215 g/mol. The van der Waals surface area contributed by atoms with Crippen molar-refractivity contribution in [3.63, 3.8) is 0 Å². The van der Waals surface area contributed by atoms with Gasteiger partial charge in [0, 0.05) is 12.7 Å². The Morgan fingerprint density at radius 2 is 2.36 bits per heavy atom. The highest BCUT2D eigenvalue weighted by atomic mass is 79.9. The molecule has 0 radical (unpaired) electrons. The number of nitrogens with zero attached hydrogens (tertiary/aromatic N) is 1. The number of rotatable bonds is 2. The highest BCUT2D eigenvalue weighted by molar-refractivity contribution is 9.10. The van der Waals surface area contributed by atoms with Gasteiger partial charge in [-0.3, -0.25) is 4.90 Å². The maximum Gasteiger partial charge on any atom is 0.0823 e. The van der Waals surface area contributed by atoms with E-state index in [1.807, 2.05) is 0 Å². The molecule has 0 spiro atoms. The van der Waals surface area contributed by atoms with Gasteiger partial charge in [0.25, 0.3) is 0 Å². The van der Waals surface area contributed by atoms with E-state index in [9.17, 15) is 0 Å². The smallest absolute Gasteiger partial charge is 0.0823 e. The number of likely N-dealkylation sites (tertiary alicyclic amines) is 1. The fraction of sp³-hybridized carbons (Fsp3) is 0.500. The summed E-state index contributed by atoms with van der Waals surface area (Å²) < 4.78 is 1.08. The third-order valence-corrected chi connectivity index (χ3v) is 2.52. The Balaban J connectivity index is 1.95. The van der Waals surface area contributed by atoms with Gasteiger partial charge in [0.1, 0.15) is 0 Å². The molecule has 3 heteroatoms. The van der Waals surface area contributed by atoms with Gasteiger partial charge >= 0.3 is 0 Å². The zero-order valence-electron chi connectivity index (χ0n) is 6.31. The van der Waals surface area contributed by atoms with Crippen LogP contribution in [0.2, 0.25) is 0 Å². The third kappa shape index (κ3) is 1.65. The van der Waals surface area contributed by atoms with Crippen molar-refractivity contribution in [3.8, 4) is 0 Å². The fourth-order valence-corrected chi connectivity index (χ4v) is 1.71. The van der Waals surface area contributed by atoms with Crippen LogP contribution in [0.25, 0.3) is 0 Å². The van der Waals surface area contributed by atoms with Crippen molar-refractivity contribution < 1.29 is 0 Å². The lowest BCUT2D eigenvalue weighted by Gasteiger charge is -2.30. The Morgan fingerprint density at radius 1 is 1.55 bits per heavy atom. The van der Waals surface area contributed by atoms with E-state index in [0.717, 1.165) is 11.1 Å². The number of H-pyrrole nitrogens is 1. The zero-order valence-corrected chi connectivity index (χ0v) is 7.89. The molecule has 0 bridgehead atoms. The summed E-state index contributed by atoms with van der Waals surface area (Å²) in [6.07, 6.45) is 3.42. The quantitative estimate of drug-likeness (QED) is 0.799. The van der Waals surface area contributed by atoms with Gasteiger partial charge < -0.3 is 4.98 Å². The number of halogens is 1. The van der Waals surface area contributed by atoms with Gasteiger partial charge in [-0.2, -0.15) is 0 Å². The van der Waals surface area contributed by atoms with Crippen LogP contribution in [0.3, 0.4) is 0 Å². The van der Waals surface area contributed by atoms with E-state index in [-0.39, 0.29) is 0 Å². The largest absolute Gasteiger partial charge is 0.356 e. The lowest BCUT2D eigenvalue weighted by Crippen LogP contribution is -2.36. The molecule has 0 saturated carbocycles. The van der Waals surface area contributed by atoms with Gasteiger partial charge in [0.15, 0.2) is 0 Å². The topological polar surface area (TPSA) is 19.0 Å². The van der Waals surface area contributed by atoms with Gasteiger partial charge in [-0.25, -0.2) is 0 Å². The first-order chi connectivity index (χ1) is 5.34. The summed E-state index contributed by atoms with van der Waals surface area (Å²) in [7, 11) is 0. The molecule has 2 heterocycles. The summed E-state index contributed by atoms with van der Waals surface area (Å²) in [5.41, 5.74) is 1.37. The Morgan fingerprint density at radius 3 is 2.82 bits per heavy atom. The maximum atomic E-state index is 3.39. The molecule has 11 heavy (non-hydrogen) atoms. The van der Waals surface area contributed by atoms with Crippen LogP contribution in [0, 0.1) is 0 Å². The van der Waals surface area contributed by atoms with Crippen LogP contribution in [0.4, 0.5) is 0 Å². The monoisotopic (exact) mass is 214 g/mol. The molecule has 60 valence electrons. The number of aromatic amines is 1. The molecule has 0 unspecified atom stereocenters. The SMILES string of the molecule is Brc1cc(CN2CCC2)c[nH]1. The van der Waals surface area contributed by atoms with Crippen LogP contribution < -0.4 is 0 Å². The zero-order chi connectivity index (χ0) is 7.68. The molecule has 0 aliphatic carbocycles. The Kier molecular flexibility index (Phi) is 2.00. The molecule has 1 aliphatic rings. The van der Waals surface area contributed by atoms with Crippen LogP contribution in [-0.2, 0) is 6.54 Å². The van der Waals surface area contributed by atoms with Crippen molar-refractivity contribution in [1.29, 1.82) is 0 Å². The van der Waals surface area contributed by atoms with Gasteiger partial charge in [-0.1, -0.05) is 0 Å². The van der Waals surface area contributed by atoms with E-state index in [4.69, 9.17) is 0 Å². The van der Waals surface area contributed by atoms with E-state index in [2.05, 4.69) is 38.1 Å². The molecule has 1 aromatic heterocycles. The fourth-order valence-electron chi connectivity index (χ4n) is 1.30. The standard InChI is InChI=1S/C8H11BrN2/c9-8-4-7(5-10-8)6-11-2-1-3-11/h4-5,10H,1-3,6H2. The summed E-state index contributed by atoms with van der Waals surface area (Å²) in [6.45, 7) is 3.63. The minimum Gasteiger partial charge on any atom is -0.356 e. The molecule has 1 saturated heterocycles. The maximum absolute atomic E-state index is 3.39. The molecule has 0 atom stereocenters. The van der Waals surface area contributed by atoms with Crippen molar-refractivity contribution >= 4 is 15.9 Å². The molecule has 1 fully saturated rings. The predicted octanol–water partition coefficient (Wildman–Crippen LogP) is 1.98. The summed E-state index contributed by atoms with van der Waals surface area (Å²) in [5, 5.41) is 0. The number of hydrogen-bond acceptors (Lipinski definition) is 1. The summed E-state index contributed by atoms with van der Waals surface area (Å²) in [6, 6.07) is 2.14. The van der Waals surface area contributed by atoms with Crippen molar-refractivity contribution in [2.24, 2.45) is 0 Å². The average Bonchev–Trinajstić information content (AvgIpc) is 2.27. The lowest BCUT2D eigenvalue weighted by molar-refractivity contribution is 0.172. The van der Waals surface area contributed by atoms with Crippen LogP contribution in [-0.4, -0.2) is 23.0 Å². The molecule has 1 N–H and O–H groups in total. The summed E-state index contributed by atoms with van der Waals surface area (Å²) in [5.74, 6) is 0. The third-order valence-electron chi connectivity index (χ3n) is 2.06. The molecular weight excluding hydrogens is 204 g/mol. The van der Waals surface area contributed by atoms with Crippen molar-refractivity contribution in [3.05, 3.63) is 22.4 Å². The van der Waals surface area contributed by atoms with E-state index in [1.165, 1.54) is 25.1 Å². The second-order valence-corrected chi connectivity index (χ2v) is 3.84. The lowest BCUT2D eigenvalue weighted by atomic mass is 10.2. The first kappa shape index (κ1) is 7.37. The van der Waals surface area contributed by atoms with Crippen LogP contribution in [0.1, 0.15) is 12.0 Å². The molecule has 0 aromatic carbocycles. The predicted molar refractivity (Wildman–Crippen MR) is 48.4 cm³/mol. The van der Waals surface area contributed by atoms with E-state index < -0.39 is 0 Å². The highest BCUT2D eigenvalue weighted by Crippen LogP contribution is 2.15. The number of hydrogen-bond donors (Lipinski definition) is 1. The normalized spacial score (nSPS) is 18.3.